The van der Waals surface area contributed by atoms with Gasteiger partial charge in [-0.05, 0) is 166 Å². The van der Waals surface area contributed by atoms with Gasteiger partial charge in [-0.3, -0.25) is 0 Å². The summed E-state index contributed by atoms with van der Waals surface area (Å²) < 4.78 is 55.7. The molecule has 17 heteroatoms. The summed E-state index contributed by atoms with van der Waals surface area (Å²) in [4.78, 5) is 0. The predicted molar refractivity (Wildman–Crippen MR) is 242 cm³/mol. The molecule has 0 bridgehead atoms. The molecule has 0 aliphatic rings. The van der Waals surface area contributed by atoms with Crippen LogP contribution in [0.5, 0.6) is 47.0 Å². The monoisotopic (exact) mass is 873 g/mol. The van der Waals surface area contributed by atoms with Crippen LogP contribution in [0.15, 0.2) is 0 Å². The van der Waals surface area contributed by atoms with Crippen molar-refractivity contribution in [2.45, 2.75) is 211 Å². The zero-order valence-corrected chi connectivity index (χ0v) is 42.6. The van der Waals surface area contributed by atoms with Crippen LogP contribution in [0.2, 0.25) is 0 Å². The van der Waals surface area contributed by atoms with Gasteiger partial charge in [0.1, 0.15) is 44.8 Å². The van der Waals surface area contributed by atoms with Gasteiger partial charge in [0.05, 0.1) is 20.7 Å². The number of aromatic nitrogens is 8. The highest BCUT2D eigenvalue weighted by Crippen LogP contribution is 2.39. The van der Waals surface area contributed by atoms with E-state index in [1.165, 1.54) is 0 Å². The third-order valence-corrected chi connectivity index (χ3v) is 12.3. The van der Waals surface area contributed by atoms with E-state index >= 15 is 0 Å². The minimum Gasteiger partial charge on any atom is -0.472 e. The molecule has 0 aliphatic heterocycles. The number of hydrogen-bond donors (Lipinski definition) is 4. The van der Waals surface area contributed by atoms with Crippen LogP contribution in [0.4, 0.5) is 0 Å². The number of H-pyrrole nitrogens is 4. The Morgan fingerprint density at radius 3 is 0.541 bits per heavy atom. The van der Waals surface area contributed by atoms with E-state index in [4.69, 9.17) is 58.3 Å². The standard InChI is InChI=1S/C44H76N8O8Si/c1-37(2,3)53-29-25(30(46-45-29)54-38(4,5)6)61(26-31(55-39(7,8)9)47-48-32(26)56-40(10,11)12,27-33(57-41(13,14)15)49-50-34(27)58-42(16,17)18)28-35(59-43(19,20)21)51-52-36(28)60-44(22,23)24/h1-24H3,(H,45,46)(H,47,48)(H,49,50)(H,51,52). The number of nitrogens with zero attached hydrogens (tertiary/aromatic N) is 4. The average molecular weight is 873 g/mol. The zero-order chi connectivity index (χ0) is 46.7. The second-order valence-corrected chi connectivity index (χ2v) is 26.9. The third kappa shape index (κ3) is 12.8. The van der Waals surface area contributed by atoms with E-state index in [1.807, 2.05) is 166 Å². The molecule has 4 N–H and O–H groups in total. The van der Waals surface area contributed by atoms with Crippen LogP contribution in [0.1, 0.15) is 166 Å². The average Bonchev–Trinajstić information content (AvgIpc) is 3.73. The molecule has 4 heterocycles. The van der Waals surface area contributed by atoms with Crippen molar-refractivity contribution in [2.24, 2.45) is 0 Å². The van der Waals surface area contributed by atoms with Crippen LogP contribution in [0.3, 0.4) is 0 Å². The van der Waals surface area contributed by atoms with Crippen molar-refractivity contribution in [1.29, 1.82) is 0 Å². The Balaban J connectivity index is 2.65. The lowest BCUT2D eigenvalue weighted by Crippen LogP contribution is -2.76. The first-order valence-electron chi connectivity index (χ1n) is 21.1. The summed E-state index contributed by atoms with van der Waals surface area (Å²) in [7, 11) is -4.62. The molecule has 4 rings (SSSR count). The first-order valence-corrected chi connectivity index (χ1v) is 23.1. The topological polar surface area (TPSA) is 189 Å². The second kappa shape index (κ2) is 16.0. The number of rotatable bonds is 12. The largest absolute Gasteiger partial charge is 0.472 e. The SMILES string of the molecule is CC(C)(C)Oc1n[nH]c(OC(C)(C)C)c1[Si](c1c(OC(C)(C)C)n[nH]c1OC(C)(C)C)(c1c(OC(C)(C)C)n[nH]c1OC(C)(C)C)c1c(OC(C)(C)C)n[nH]c1OC(C)(C)C. The number of hydrogen-bond acceptors (Lipinski definition) is 12. The van der Waals surface area contributed by atoms with Crippen molar-refractivity contribution in [3.8, 4) is 47.0 Å². The van der Waals surface area contributed by atoms with Crippen LogP contribution in [0.25, 0.3) is 0 Å². The van der Waals surface area contributed by atoms with E-state index in [0.29, 0.717) is 20.7 Å². The maximum atomic E-state index is 6.97. The van der Waals surface area contributed by atoms with Crippen molar-refractivity contribution < 1.29 is 37.9 Å². The molecule has 0 aromatic carbocycles. The molecule has 0 amide bonds. The summed E-state index contributed by atoms with van der Waals surface area (Å²) in [6.45, 7) is 47.1. The Labute approximate surface area is 364 Å². The maximum Gasteiger partial charge on any atom is 0.237 e. The van der Waals surface area contributed by atoms with Gasteiger partial charge in [0.15, 0.2) is 0 Å². The van der Waals surface area contributed by atoms with Gasteiger partial charge in [-0.25, -0.2) is 20.4 Å². The van der Waals surface area contributed by atoms with Gasteiger partial charge in [0.25, 0.3) is 0 Å². The molecule has 0 radical (unpaired) electrons. The maximum absolute atomic E-state index is 6.97. The lowest BCUT2D eigenvalue weighted by Gasteiger charge is -2.37. The fourth-order valence-electron chi connectivity index (χ4n) is 6.29. The number of nitrogens with one attached hydrogen (secondary N) is 4. The molecule has 61 heavy (non-hydrogen) atoms. The first-order chi connectivity index (χ1) is 27.2. The van der Waals surface area contributed by atoms with Gasteiger partial charge >= 0.3 is 0 Å². The fraction of sp³-hybridized carbons (Fsp3) is 0.727. The molecular weight excluding hydrogens is 797 g/mol. The third-order valence-electron chi connectivity index (χ3n) is 7.54. The molecule has 4 aromatic rings. The molecule has 0 fully saturated rings. The van der Waals surface area contributed by atoms with Gasteiger partial charge in [0, 0.05) is 0 Å². The van der Waals surface area contributed by atoms with Crippen LogP contribution in [-0.2, 0) is 0 Å². The second-order valence-electron chi connectivity index (χ2n) is 23.4. The highest BCUT2D eigenvalue weighted by Gasteiger charge is 2.62. The smallest absolute Gasteiger partial charge is 0.237 e. The quantitative estimate of drug-likeness (QED) is 0.104. The molecule has 16 nitrogen and oxygen atoms in total. The molecule has 0 saturated carbocycles. The molecule has 4 aromatic heterocycles. The fourth-order valence-corrected chi connectivity index (χ4v) is 11.3. The summed E-state index contributed by atoms with van der Waals surface area (Å²) >= 11 is 0. The van der Waals surface area contributed by atoms with Crippen LogP contribution in [0, 0.1) is 0 Å². The Hall–Kier alpha value is -4.54. The lowest BCUT2D eigenvalue weighted by atomic mass is 10.2. The molecule has 0 spiro atoms. The first kappa shape index (κ1) is 49.1. The predicted octanol–water partition coefficient (Wildman–Crippen LogP) is 7.37. The van der Waals surface area contributed by atoms with Crippen molar-refractivity contribution in [3.63, 3.8) is 0 Å². The normalized spacial score (nSPS) is 13.9. The zero-order valence-electron chi connectivity index (χ0n) is 41.6. The Bertz CT molecular complexity index is 1670. The number of aromatic amines is 4. The van der Waals surface area contributed by atoms with Crippen LogP contribution < -0.4 is 58.6 Å². The summed E-state index contributed by atoms with van der Waals surface area (Å²) in [5.74, 6) is 2.04. The molecule has 0 atom stereocenters. The van der Waals surface area contributed by atoms with Gasteiger partial charge < -0.3 is 37.9 Å². The molecular formula is C44H76N8O8Si. The van der Waals surface area contributed by atoms with Crippen molar-refractivity contribution in [3.05, 3.63) is 0 Å². The van der Waals surface area contributed by atoms with Crippen LogP contribution in [-0.4, -0.2) is 93.7 Å². The minimum absolute atomic E-state index is 0.220. The molecule has 344 valence electrons. The highest BCUT2D eigenvalue weighted by molar-refractivity contribution is 7.22. The Morgan fingerprint density at radius 1 is 0.262 bits per heavy atom. The highest BCUT2D eigenvalue weighted by atomic mass is 28.3. The van der Waals surface area contributed by atoms with Crippen molar-refractivity contribution >= 4 is 28.8 Å². The van der Waals surface area contributed by atoms with Gasteiger partial charge in [0.2, 0.25) is 55.1 Å². The van der Waals surface area contributed by atoms with Crippen molar-refractivity contribution in [2.75, 3.05) is 0 Å². The van der Waals surface area contributed by atoms with Gasteiger partial charge in [-0.1, -0.05) is 0 Å². The summed E-state index contributed by atoms with van der Waals surface area (Å²) in [6.07, 6.45) is 0. The Morgan fingerprint density at radius 2 is 0.410 bits per heavy atom. The van der Waals surface area contributed by atoms with Gasteiger partial charge in [-0.2, -0.15) is 0 Å². The van der Waals surface area contributed by atoms with E-state index in [2.05, 4.69) is 20.4 Å². The van der Waals surface area contributed by atoms with Crippen LogP contribution >= 0.6 is 0 Å². The summed E-state index contributed by atoms with van der Waals surface area (Å²) in [6, 6.07) is 0. The molecule has 0 saturated heterocycles. The molecule has 0 unspecified atom stereocenters. The lowest BCUT2D eigenvalue weighted by molar-refractivity contribution is 0.124. The van der Waals surface area contributed by atoms with Crippen molar-refractivity contribution in [1.82, 2.24) is 40.8 Å². The summed E-state index contributed by atoms with van der Waals surface area (Å²) in [5.41, 5.74) is -6.12. The van der Waals surface area contributed by atoms with E-state index in [9.17, 15) is 0 Å². The summed E-state index contributed by atoms with van der Waals surface area (Å²) in [5, 5.41) is 34.7. The van der Waals surface area contributed by atoms with E-state index in [-0.39, 0.29) is 47.0 Å². The molecule has 0 aliphatic carbocycles. The van der Waals surface area contributed by atoms with E-state index in [1.54, 1.807) is 0 Å². The Kier molecular flexibility index (Phi) is 12.9. The van der Waals surface area contributed by atoms with E-state index in [0.717, 1.165) is 0 Å². The number of ether oxygens (including phenoxy) is 8. The minimum atomic E-state index is -4.62. The van der Waals surface area contributed by atoms with E-state index < -0.39 is 52.9 Å². The van der Waals surface area contributed by atoms with Gasteiger partial charge in [-0.15, -0.1) is 20.4 Å².